The van der Waals surface area contributed by atoms with Crippen LogP contribution < -0.4 is 29.2 Å². The molecular formula is C11H16ClN3O3. The predicted octanol–water partition coefficient (Wildman–Crippen LogP) is -3.35. The topological polar surface area (TPSA) is 109 Å². The van der Waals surface area contributed by atoms with E-state index in [0.717, 1.165) is 5.56 Å². The van der Waals surface area contributed by atoms with Crippen LogP contribution >= 0.6 is 0 Å². The van der Waals surface area contributed by atoms with E-state index >= 15 is 0 Å². The molecule has 0 aliphatic heterocycles. The summed E-state index contributed by atoms with van der Waals surface area (Å²) in [5.41, 5.74) is 9.74. The van der Waals surface area contributed by atoms with Gasteiger partial charge in [0.05, 0.1) is 0 Å². The summed E-state index contributed by atoms with van der Waals surface area (Å²) >= 11 is 0. The third-order valence-electron chi connectivity index (χ3n) is 2.04. The number of alkyl carbamates (subject to hydrolysis) is 1. The van der Waals surface area contributed by atoms with Gasteiger partial charge in [0.25, 0.3) is 0 Å². The van der Waals surface area contributed by atoms with Gasteiger partial charge in [0, 0.05) is 6.42 Å². The minimum Gasteiger partial charge on any atom is -1.00 e. The molecule has 0 radical (unpaired) electrons. The fraction of sp³-hybridized carbons (Fsp3) is 0.273. The maximum atomic E-state index is 10.9. The third-order valence-corrected chi connectivity index (χ3v) is 2.04. The number of nitrogens with two attached hydrogens (primary N) is 1. The molecule has 1 unspecified atom stereocenters. The molecule has 0 aliphatic carbocycles. The van der Waals surface area contributed by atoms with Crippen LogP contribution in [0.15, 0.2) is 30.3 Å². The van der Waals surface area contributed by atoms with E-state index in [1.807, 2.05) is 35.6 Å². The first kappa shape index (κ1) is 16.2. The first-order valence-corrected chi connectivity index (χ1v) is 5.18. The summed E-state index contributed by atoms with van der Waals surface area (Å²) < 4.78 is 4.77. The van der Waals surface area contributed by atoms with Crippen LogP contribution in [0.5, 0.6) is 0 Å². The number of amides is 3. The molecule has 6 N–H and O–H groups in total. The smallest absolute Gasteiger partial charge is 0.415 e. The van der Waals surface area contributed by atoms with Gasteiger partial charge in [-0.15, -0.1) is 0 Å². The van der Waals surface area contributed by atoms with Crippen molar-refractivity contribution in [2.75, 3.05) is 6.61 Å². The molecule has 0 heterocycles. The number of urea groups is 1. The van der Waals surface area contributed by atoms with Crippen molar-refractivity contribution in [3.63, 3.8) is 0 Å². The van der Waals surface area contributed by atoms with E-state index in [9.17, 15) is 9.59 Å². The van der Waals surface area contributed by atoms with Gasteiger partial charge in [0.2, 0.25) is 0 Å². The summed E-state index contributed by atoms with van der Waals surface area (Å²) in [5.74, 6) is 0. The number of imide groups is 1. The third kappa shape index (κ3) is 6.72. The van der Waals surface area contributed by atoms with E-state index < -0.39 is 12.1 Å². The number of nitrogens with one attached hydrogen (secondary N) is 1. The van der Waals surface area contributed by atoms with Crippen molar-refractivity contribution < 1.29 is 32.5 Å². The predicted molar refractivity (Wildman–Crippen MR) is 60.9 cm³/mol. The molecule has 0 saturated carbocycles. The molecule has 18 heavy (non-hydrogen) atoms. The molecule has 0 spiro atoms. The van der Waals surface area contributed by atoms with E-state index in [0.29, 0.717) is 6.42 Å². The Morgan fingerprint density at radius 2 is 1.94 bits per heavy atom. The summed E-state index contributed by atoms with van der Waals surface area (Å²) in [6.07, 6.45) is -0.149. The molecule has 0 bridgehead atoms. The van der Waals surface area contributed by atoms with Crippen LogP contribution in [0.2, 0.25) is 0 Å². The lowest BCUT2D eigenvalue weighted by Gasteiger charge is -2.09. The zero-order valence-electron chi connectivity index (χ0n) is 9.77. The molecule has 6 nitrogen and oxygen atoms in total. The molecule has 100 valence electrons. The minimum atomic E-state index is -0.932. The van der Waals surface area contributed by atoms with Crippen molar-refractivity contribution in [1.82, 2.24) is 5.32 Å². The SMILES string of the molecule is NC(=O)NC(=O)OCC([NH3+])Cc1ccccc1.[Cl-]. The number of rotatable bonds is 4. The Morgan fingerprint density at radius 1 is 1.33 bits per heavy atom. The van der Waals surface area contributed by atoms with Gasteiger partial charge in [0.15, 0.2) is 0 Å². The number of carbonyl (C=O) groups is 2. The molecule has 0 saturated heterocycles. The van der Waals surface area contributed by atoms with Crippen molar-refractivity contribution in [3.8, 4) is 0 Å². The van der Waals surface area contributed by atoms with Crippen molar-refractivity contribution in [3.05, 3.63) is 35.9 Å². The van der Waals surface area contributed by atoms with Crippen LogP contribution in [0.1, 0.15) is 5.56 Å². The lowest BCUT2D eigenvalue weighted by atomic mass is 10.1. The van der Waals surface area contributed by atoms with E-state index in [1.165, 1.54) is 0 Å². The lowest BCUT2D eigenvalue weighted by Crippen LogP contribution is -3.00. The highest BCUT2D eigenvalue weighted by Gasteiger charge is 2.11. The Labute approximate surface area is 111 Å². The molecule has 1 rings (SSSR count). The highest BCUT2D eigenvalue weighted by molar-refractivity contribution is 5.89. The van der Waals surface area contributed by atoms with Gasteiger partial charge in [-0.05, 0) is 5.56 Å². The van der Waals surface area contributed by atoms with Crippen LogP contribution in [0.3, 0.4) is 0 Å². The summed E-state index contributed by atoms with van der Waals surface area (Å²) in [5, 5.41) is 1.81. The molecule has 7 heteroatoms. The Hall–Kier alpha value is -1.79. The summed E-state index contributed by atoms with van der Waals surface area (Å²) in [4.78, 5) is 21.3. The zero-order valence-corrected chi connectivity index (χ0v) is 10.5. The summed E-state index contributed by atoms with van der Waals surface area (Å²) in [7, 11) is 0. The molecule has 1 aromatic rings. The zero-order chi connectivity index (χ0) is 12.7. The van der Waals surface area contributed by atoms with Crippen molar-refractivity contribution in [1.29, 1.82) is 0 Å². The number of hydrogen-bond acceptors (Lipinski definition) is 3. The minimum absolute atomic E-state index is 0. The molecule has 0 aliphatic rings. The van der Waals surface area contributed by atoms with E-state index in [4.69, 9.17) is 10.5 Å². The van der Waals surface area contributed by atoms with Gasteiger partial charge in [-0.25, -0.2) is 14.9 Å². The number of benzene rings is 1. The largest absolute Gasteiger partial charge is 1.00 e. The maximum absolute atomic E-state index is 10.9. The Morgan fingerprint density at radius 3 is 2.50 bits per heavy atom. The van der Waals surface area contributed by atoms with E-state index in [-0.39, 0.29) is 25.1 Å². The van der Waals surface area contributed by atoms with Crippen molar-refractivity contribution >= 4 is 12.1 Å². The average Bonchev–Trinajstić information content (AvgIpc) is 2.27. The highest BCUT2D eigenvalue weighted by Crippen LogP contribution is 2.01. The maximum Gasteiger partial charge on any atom is 0.415 e. The average molecular weight is 274 g/mol. The molecule has 1 atom stereocenters. The van der Waals surface area contributed by atoms with Crippen molar-refractivity contribution in [2.24, 2.45) is 5.73 Å². The highest BCUT2D eigenvalue weighted by atomic mass is 35.5. The molecule has 1 aromatic carbocycles. The second-order valence-corrected chi connectivity index (χ2v) is 3.64. The van der Waals surface area contributed by atoms with E-state index in [1.54, 1.807) is 0 Å². The lowest BCUT2D eigenvalue weighted by molar-refractivity contribution is -0.424. The summed E-state index contributed by atoms with van der Waals surface area (Å²) in [6, 6.07) is 8.74. The number of primary amides is 1. The van der Waals surface area contributed by atoms with Crippen LogP contribution in [0, 0.1) is 0 Å². The monoisotopic (exact) mass is 273 g/mol. The van der Waals surface area contributed by atoms with Crippen LogP contribution in [-0.4, -0.2) is 24.8 Å². The summed E-state index contributed by atoms with van der Waals surface area (Å²) in [6.45, 7) is 0.133. The fourth-order valence-electron chi connectivity index (χ4n) is 1.34. The normalized spacial score (nSPS) is 10.9. The van der Waals surface area contributed by atoms with Crippen LogP contribution in [-0.2, 0) is 11.2 Å². The second kappa shape index (κ2) is 8.32. The molecule has 0 fully saturated rings. The Balaban J connectivity index is 0.00000289. The fourth-order valence-corrected chi connectivity index (χ4v) is 1.34. The number of ether oxygens (including phenoxy) is 1. The van der Waals surface area contributed by atoms with Gasteiger partial charge in [-0.3, -0.25) is 0 Å². The quantitative estimate of drug-likeness (QED) is 0.533. The Bertz CT molecular complexity index is 386. The molecule has 0 aromatic heterocycles. The number of hydrogen-bond donors (Lipinski definition) is 3. The first-order chi connectivity index (χ1) is 8.08. The molecular weight excluding hydrogens is 258 g/mol. The number of quaternary nitrogens is 1. The molecule has 3 amide bonds. The van der Waals surface area contributed by atoms with Gasteiger partial charge in [-0.1, -0.05) is 30.3 Å². The van der Waals surface area contributed by atoms with Crippen molar-refractivity contribution in [2.45, 2.75) is 12.5 Å². The van der Waals surface area contributed by atoms with Gasteiger partial charge < -0.3 is 28.6 Å². The van der Waals surface area contributed by atoms with Gasteiger partial charge in [-0.2, -0.15) is 0 Å². The Kier molecular flexibility index (Phi) is 7.50. The van der Waals surface area contributed by atoms with E-state index in [2.05, 4.69) is 5.73 Å². The van der Waals surface area contributed by atoms with Gasteiger partial charge in [0.1, 0.15) is 12.6 Å². The van der Waals surface area contributed by atoms with Crippen LogP contribution in [0.4, 0.5) is 9.59 Å². The van der Waals surface area contributed by atoms with Gasteiger partial charge >= 0.3 is 12.1 Å². The van der Waals surface area contributed by atoms with Crippen LogP contribution in [0.25, 0.3) is 0 Å². The number of halogens is 1. The standard InChI is InChI=1S/C11H15N3O3.ClH/c12-9(6-8-4-2-1-3-5-8)7-17-11(16)14-10(13)15;/h1-5,9H,6-7,12H2,(H3,13,14,15,16);1H. The number of carbonyl (C=O) groups excluding carboxylic acids is 2. The first-order valence-electron chi connectivity index (χ1n) is 5.18. The second-order valence-electron chi connectivity index (χ2n) is 3.64.